The molecule has 0 spiro atoms. The van der Waals surface area contributed by atoms with E-state index in [0.29, 0.717) is 13.0 Å². The number of hydrogen-bond acceptors (Lipinski definition) is 2. The summed E-state index contributed by atoms with van der Waals surface area (Å²) >= 11 is 0. The van der Waals surface area contributed by atoms with Gasteiger partial charge in [-0.3, -0.25) is 4.79 Å². The predicted octanol–water partition coefficient (Wildman–Crippen LogP) is 1.98. The van der Waals surface area contributed by atoms with Gasteiger partial charge in [0.05, 0.1) is 6.04 Å². The van der Waals surface area contributed by atoms with Gasteiger partial charge in [-0.15, -0.1) is 0 Å². The Labute approximate surface area is 116 Å². The Morgan fingerprint density at radius 1 is 1.40 bits per heavy atom. The molecule has 108 valence electrons. The van der Waals surface area contributed by atoms with Gasteiger partial charge in [0.15, 0.2) is 0 Å². The molecular weight excluding hydrogens is 263 g/mol. The van der Waals surface area contributed by atoms with E-state index in [2.05, 4.69) is 10.6 Å². The minimum atomic E-state index is -0.876. The summed E-state index contributed by atoms with van der Waals surface area (Å²) in [5.41, 5.74) is 1.88. The number of urea groups is 1. The van der Waals surface area contributed by atoms with Gasteiger partial charge in [-0.1, -0.05) is 6.07 Å². The van der Waals surface area contributed by atoms with Crippen LogP contribution >= 0.6 is 0 Å². The molecule has 0 bridgehead atoms. The van der Waals surface area contributed by atoms with Gasteiger partial charge in [0, 0.05) is 13.0 Å². The second-order valence-electron chi connectivity index (χ2n) is 4.83. The summed E-state index contributed by atoms with van der Waals surface area (Å²) in [7, 11) is 0. The van der Waals surface area contributed by atoms with Crippen LogP contribution in [0, 0.1) is 5.82 Å². The van der Waals surface area contributed by atoms with Gasteiger partial charge < -0.3 is 15.7 Å². The number of carboxylic acids is 1. The topological polar surface area (TPSA) is 78.4 Å². The lowest BCUT2D eigenvalue weighted by molar-refractivity contribution is -0.137. The van der Waals surface area contributed by atoms with Crippen molar-refractivity contribution in [1.82, 2.24) is 10.6 Å². The van der Waals surface area contributed by atoms with E-state index < -0.39 is 5.97 Å². The molecule has 1 unspecified atom stereocenters. The molecule has 20 heavy (non-hydrogen) atoms. The number of nitrogens with one attached hydrogen (secondary N) is 2. The van der Waals surface area contributed by atoms with Gasteiger partial charge in [-0.2, -0.15) is 0 Å². The van der Waals surface area contributed by atoms with Crippen molar-refractivity contribution < 1.29 is 19.1 Å². The summed E-state index contributed by atoms with van der Waals surface area (Å²) in [6, 6.07) is 4.17. The first-order chi connectivity index (χ1) is 9.56. The van der Waals surface area contributed by atoms with Crippen molar-refractivity contribution in [1.29, 1.82) is 0 Å². The summed E-state index contributed by atoms with van der Waals surface area (Å²) in [6.45, 7) is 0.321. The van der Waals surface area contributed by atoms with Gasteiger partial charge in [-0.05, 0) is 42.5 Å². The van der Waals surface area contributed by atoms with E-state index in [4.69, 9.17) is 5.11 Å². The molecule has 1 aliphatic carbocycles. The van der Waals surface area contributed by atoms with E-state index in [0.717, 1.165) is 24.0 Å². The van der Waals surface area contributed by atoms with E-state index in [1.54, 1.807) is 6.07 Å². The van der Waals surface area contributed by atoms with Crippen LogP contribution in [0.2, 0.25) is 0 Å². The van der Waals surface area contributed by atoms with Crippen molar-refractivity contribution in [3.63, 3.8) is 0 Å². The quantitative estimate of drug-likeness (QED) is 0.722. The number of fused-ring (bicyclic) bond motifs is 1. The summed E-state index contributed by atoms with van der Waals surface area (Å²) in [5, 5.41) is 13.9. The summed E-state index contributed by atoms with van der Waals surface area (Å²) in [5.74, 6) is -1.14. The van der Waals surface area contributed by atoms with Gasteiger partial charge in [0.2, 0.25) is 0 Å². The molecule has 0 aliphatic heterocycles. The summed E-state index contributed by atoms with van der Waals surface area (Å²) < 4.78 is 13.1. The molecule has 5 nitrogen and oxygen atoms in total. The average molecular weight is 280 g/mol. The van der Waals surface area contributed by atoms with E-state index in [-0.39, 0.29) is 24.3 Å². The lowest BCUT2D eigenvalue weighted by Gasteiger charge is -2.14. The second kappa shape index (κ2) is 6.36. The molecule has 1 aromatic rings. The van der Waals surface area contributed by atoms with Gasteiger partial charge >= 0.3 is 12.0 Å². The number of carbonyl (C=O) groups is 2. The largest absolute Gasteiger partial charge is 0.481 e. The molecule has 2 rings (SSSR count). The van der Waals surface area contributed by atoms with Crippen LogP contribution in [-0.4, -0.2) is 23.7 Å². The lowest BCUT2D eigenvalue weighted by atomic mass is 10.1. The first kappa shape index (κ1) is 14.3. The third kappa shape index (κ3) is 3.69. The maximum Gasteiger partial charge on any atom is 0.315 e. The number of aliphatic carboxylic acids is 1. The summed E-state index contributed by atoms with van der Waals surface area (Å²) in [4.78, 5) is 22.0. The van der Waals surface area contributed by atoms with E-state index in [1.165, 1.54) is 12.1 Å². The Balaban J connectivity index is 1.80. The SMILES string of the molecule is O=C(O)CCCNC(=O)NC1CCc2cc(F)ccc21. The molecule has 1 aliphatic rings. The van der Waals surface area contributed by atoms with Crippen molar-refractivity contribution in [2.24, 2.45) is 0 Å². The maximum absolute atomic E-state index is 13.1. The molecular formula is C14H17FN2O3. The molecule has 0 radical (unpaired) electrons. The fourth-order valence-electron chi connectivity index (χ4n) is 2.39. The number of aryl methyl sites for hydroxylation is 1. The molecule has 3 N–H and O–H groups in total. The molecule has 0 fully saturated rings. The third-order valence-electron chi connectivity index (χ3n) is 3.34. The zero-order chi connectivity index (χ0) is 14.5. The highest BCUT2D eigenvalue weighted by Gasteiger charge is 2.23. The van der Waals surface area contributed by atoms with Crippen molar-refractivity contribution in [3.8, 4) is 0 Å². The van der Waals surface area contributed by atoms with Crippen LogP contribution in [0.25, 0.3) is 0 Å². The van der Waals surface area contributed by atoms with Crippen LogP contribution in [-0.2, 0) is 11.2 Å². The summed E-state index contributed by atoms with van der Waals surface area (Å²) in [6.07, 6.45) is 1.93. The molecule has 2 amide bonds. The zero-order valence-corrected chi connectivity index (χ0v) is 11.0. The number of hydrogen-bond donors (Lipinski definition) is 3. The molecule has 0 aromatic heterocycles. The van der Waals surface area contributed by atoms with E-state index in [9.17, 15) is 14.0 Å². The first-order valence-corrected chi connectivity index (χ1v) is 6.61. The highest BCUT2D eigenvalue weighted by molar-refractivity contribution is 5.74. The van der Waals surface area contributed by atoms with Crippen molar-refractivity contribution in [3.05, 3.63) is 35.1 Å². The zero-order valence-electron chi connectivity index (χ0n) is 11.0. The predicted molar refractivity (Wildman–Crippen MR) is 70.9 cm³/mol. The van der Waals surface area contributed by atoms with Crippen molar-refractivity contribution >= 4 is 12.0 Å². The molecule has 0 heterocycles. The van der Waals surface area contributed by atoms with Gasteiger partial charge in [-0.25, -0.2) is 9.18 Å². The Morgan fingerprint density at radius 3 is 2.95 bits per heavy atom. The Hall–Kier alpha value is -2.11. The molecule has 1 atom stereocenters. The minimum Gasteiger partial charge on any atom is -0.481 e. The van der Waals surface area contributed by atoms with Crippen LogP contribution in [0.3, 0.4) is 0 Å². The number of carbonyl (C=O) groups excluding carboxylic acids is 1. The van der Waals surface area contributed by atoms with E-state index in [1.807, 2.05) is 0 Å². The van der Waals surface area contributed by atoms with Crippen molar-refractivity contribution in [2.75, 3.05) is 6.54 Å². The maximum atomic E-state index is 13.1. The smallest absolute Gasteiger partial charge is 0.315 e. The number of carboxylic acid groups (broad SMARTS) is 1. The number of rotatable bonds is 5. The Bertz CT molecular complexity index is 519. The van der Waals surface area contributed by atoms with Gasteiger partial charge in [0.1, 0.15) is 5.82 Å². The third-order valence-corrected chi connectivity index (χ3v) is 3.34. The first-order valence-electron chi connectivity index (χ1n) is 6.61. The monoisotopic (exact) mass is 280 g/mol. The van der Waals surface area contributed by atoms with Crippen LogP contribution in [0.5, 0.6) is 0 Å². The van der Waals surface area contributed by atoms with Crippen LogP contribution < -0.4 is 10.6 Å². The number of halogens is 1. The molecule has 6 heteroatoms. The fraction of sp³-hybridized carbons (Fsp3) is 0.429. The second-order valence-corrected chi connectivity index (χ2v) is 4.83. The Morgan fingerprint density at radius 2 is 2.20 bits per heavy atom. The molecule has 0 saturated heterocycles. The van der Waals surface area contributed by atoms with Crippen LogP contribution in [0.1, 0.15) is 36.4 Å². The number of amides is 2. The Kier molecular flexibility index (Phi) is 4.55. The average Bonchev–Trinajstić information content (AvgIpc) is 2.77. The van der Waals surface area contributed by atoms with Crippen LogP contribution in [0.4, 0.5) is 9.18 Å². The highest BCUT2D eigenvalue weighted by atomic mass is 19.1. The van der Waals surface area contributed by atoms with E-state index >= 15 is 0 Å². The normalized spacial score (nSPS) is 16.6. The molecule has 1 aromatic carbocycles. The van der Waals surface area contributed by atoms with Gasteiger partial charge in [0.25, 0.3) is 0 Å². The number of benzene rings is 1. The fourth-order valence-corrected chi connectivity index (χ4v) is 2.39. The van der Waals surface area contributed by atoms with Crippen LogP contribution in [0.15, 0.2) is 18.2 Å². The standard InChI is InChI=1S/C14H17FN2O3/c15-10-4-5-11-9(8-10)3-6-12(11)17-14(20)16-7-1-2-13(18)19/h4-5,8,12H,1-3,6-7H2,(H,18,19)(H2,16,17,20). The van der Waals surface area contributed by atoms with Crippen molar-refractivity contribution in [2.45, 2.75) is 31.7 Å². The highest BCUT2D eigenvalue weighted by Crippen LogP contribution is 2.31. The minimum absolute atomic E-state index is 0.0336. The molecule has 0 saturated carbocycles. The lowest BCUT2D eigenvalue weighted by Crippen LogP contribution is -2.37.